The van der Waals surface area contributed by atoms with Crippen LogP contribution in [0.2, 0.25) is 5.02 Å². The molecule has 0 aliphatic heterocycles. The Morgan fingerprint density at radius 2 is 2.00 bits per heavy atom. The van der Waals surface area contributed by atoms with Crippen LogP contribution in [0, 0.1) is 12.7 Å². The average molecular weight is 410 g/mol. The Morgan fingerprint density at radius 3 is 2.63 bits per heavy atom. The zero-order chi connectivity index (χ0) is 19.2. The first-order valence-electron chi connectivity index (χ1n) is 8.42. The molecule has 0 saturated heterocycles. The van der Waals surface area contributed by atoms with Gasteiger partial charge in [-0.25, -0.2) is 9.37 Å². The Morgan fingerprint density at radius 1 is 1.30 bits per heavy atom. The van der Waals surface area contributed by atoms with E-state index in [1.54, 1.807) is 6.20 Å². The van der Waals surface area contributed by atoms with Crippen molar-refractivity contribution in [3.8, 4) is 5.75 Å². The Balaban J connectivity index is 1.23. The Labute approximate surface area is 164 Å². The van der Waals surface area contributed by atoms with Crippen LogP contribution in [-0.2, 0) is 4.79 Å². The molecular weight excluding hydrogens is 393 g/mol. The molecular formula is C18H17ClFN3O3S. The van der Waals surface area contributed by atoms with Crippen molar-refractivity contribution < 1.29 is 18.7 Å². The highest BCUT2D eigenvalue weighted by Gasteiger charge is 2.69. The molecule has 2 N–H and O–H groups in total. The van der Waals surface area contributed by atoms with E-state index in [2.05, 4.69) is 15.6 Å². The number of nitrogens with one attached hydrogen (secondary N) is 2. The molecule has 0 spiro atoms. The number of ether oxygens (including phenoxy) is 1. The van der Waals surface area contributed by atoms with E-state index < -0.39 is 5.82 Å². The predicted molar refractivity (Wildman–Crippen MR) is 98.7 cm³/mol. The van der Waals surface area contributed by atoms with Gasteiger partial charge in [-0.3, -0.25) is 9.59 Å². The highest BCUT2D eigenvalue weighted by Crippen LogP contribution is 2.60. The first-order chi connectivity index (χ1) is 12.8. The van der Waals surface area contributed by atoms with E-state index in [-0.39, 0.29) is 40.3 Å². The van der Waals surface area contributed by atoms with Gasteiger partial charge in [0.25, 0.3) is 11.8 Å². The van der Waals surface area contributed by atoms with Crippen LogP contribution in [0.4, 0.5) is 4.39 Å². The number of thiazole rings is 1. The van der Waals surface area contributed by atoms with Gasteiger partial charge in [-0.2, -0.15) is 0 Å². The second-order valence-corrected chi connectivity index (χ2v) is 8.88. The van der Waals surface area contributed by atoms with Gasteiger partial charge in [-0.05, 0) is 38.3 Å². The molecule has 9 heteroatoms. The van der Waals surface area contributed by atoms with Crippen LogP contribution >= 0.6 is 22.9 Å². The summed E-state index contributed by atoms with van der Waals surface area (Å²) in [6, 6.07) is 4.02. The summed E-state index contributed by atoms with van der Waals surface area (Å²) in [7, 11) is 0. The average Bonchev–Trinajstić information content (AvgIpc) is 2.99. The summed E-state index contributed by atoms with van der Waals surface area (Å²) in [6.45, 7) is 1.70. The van der Waals surface area contributed by atoms with Crippen LogP contribution in [0.15, 0.2) is 24.4 Å². The number of nitrogens with zero attached hydrogens (tertiary/aromatic N) is 1. The van der Waals surface area contributed by atoms with Gasteiger partial charge in [-0.15, -0.1) is 11.3 Å². The fourth-order valence-electron chi connectivity index (χ4n) is 3.85. The molecule has 0 atom stereocenters. The van der Waals surface area contributed by atoms with Crippen molar-refractivity contribution in [2.24, 2.45) is 0 Å². The van der Waals surface area contributed by atoms with E-state index in [4.69, 9.17) is 16.3 Å². The lowest BCUT2D eigenvalue weighted by molar-refractivity contribution is -0.141. The number of benzene rings is 1. The minimum atomic E-state index is -0.595. The summed E-state index contributed by atoms with van der Waals surface area (Å²) < 4.78 is 18.7. The number of hydrogen-bond acceptors (Lipinski definition) is 5. The summed E-state index contributed by atoms with van der Waals surface area (Å²) in [6.07, 6.45) is 3.75. The molecule has 0 unspecified atom stereocenters. The number of rotatable bonds is 6. The van der Waals surface area contributed by atoms with Gasteiger partial charge in [0.05, 0.1) is 5.02 Å². The summed E-state index contributed by atoms with van der Waals surface area (Å²) in [5.74, 6) is -0.796. The van der Waals surface area contributed by atoms with Crippen molar-refractivity contribution >= 4 is 34.8 Å². The van der Waals surface area contributed by atoms with Crippen molar-refractivity contribution in [2.45, 2.75) is 37.3 Å². The number of carbonyl (C=O) groups is 2. The zero-order valence-electron chi connectivity index (χ0n) is 14.5. The minimum absolute atomic E-state index is 0.000854. The van der Waals surface area contributed by atoms with Gasteiger partial charge in [0.2, 0.25) is 0 Å². The third-order valence-corrected chi connectivity index (χ3v) is 6.11. The van der Waals surface area contributed by atoms with Crippen LogP contribution in [-0.4, -0.2) is 34.5 Å². The van der Waals surface area contributed by atoms with Crippen LogP contribution in [0.3, 0.4) is 0 Å². The summed E-state index contributed by atoms with van der Waals surface area (Å²) in [5.41, 5.74) is -0.526. The lowest BCUT2D eigenvalue weighted by atomic mass is 9.44. The quantitative estimate of drug-likeness (QED) is 0.768. The third-order valence-electron chi connectivity index (χ3n) is 4.89. The molecule has 3 saturated carbocycles. The summed E-state index contributed by atoms with van der Waals surface area (Å²) >= 11 is 6.97. The molecule has 3 fully saturated rings. The summed E-state index contributed by atoms with van der Waals surface area (Å²) in [4.78, 5) is 29.4. The third kappa shape index (κ3) is 3.51. The molecule has 2 amide bonds. The standard InChI is InChI=1S/C18H17ClFN3O3S/c1-10-5-21-16(27-10)15(25)23-18-7-17(8-18,9-18)22-14(24)6-26-11-2-3-12(19)13(20)4-11/h2-5H,6-9H2,1H3,(H,22,24)(H,23,25). The molecule has 0 radical (unpaired) electrons. The number of amides is 2. The van der Waals surface area contributed by atoms with E-state index in [0.29, 0.717) is 24.3 Å². The molecule has 1 aromatic carbocycles. The number of aryl methyl sites for hydroxylation is 1. The van der Waals surface area contributed by atoms with E-state index in [1.165, 1.54) is 23.5 Å². The fourth-order valence-corrected chi connectivity index (χ4v) is 4.63. The van der Waals surface area contributed by atoms with Crippen LogP contribution in [0.1, 0.15) is 33.9 Å². The SMILES string of the molecule is Cc1cnc(C(=O)NC23CC(NC(=O)COc4ccc(Cl)c(F)c4)(C2)C3)s1. The molecule has 2 aromatic rings. The Kier molecular flexibility index (Phi) is 4.35. The van der Waals surface area contributed by atoms with Gasteiger partial charge in [-0.1, -0.05) is 11.6 Å². The second-order valence-electron chi connectivity index (χ2n) is 7.23. The number of carbonyl (C=O) groups excluding carboxylic acids is 2. The first-order valence-corrected chi connectivity index (χ1v) is 9.62. The zero-order valence-corrected chi connectivity index (χ0v) is 16.0. The molecule has 5 rings (SSSR count). The highest BCUT2D eigenvalue weighted by atomic mass is 35.5. The normalized spacial score (nSPS) is 25.1. The highest BCUT2D eigenvalue weighted by molar-refractivity contribution is 7.13. The predicted octanol–water partition coefficient (Wildman–Crippen LogP) is 2.84. The molecule has 1 aromatic heterocycles. The van der Waals surface area contributed by atoms with Gasteiger partial charge < -0.3 is 15.4 Å². The fraction of sp³-hybridized carbons (Fsp3) is 0.389. The maximum atomic E-state index is 13.4. The monoisotopic (exact) mass is 409 g/mol. The van der Waals surface area contributed by atoms with E-state index in [9.17, 15) is 14.0 Å². The van der Waals surface area contributed by atoms with Crippen molar-refractivity contribution in [2.75, 3.05) is 6.61 Å². The van der Waals surface area contributed by atoms with Gasteiger partial charge >= 0.3 is 0 Å². The van der Waals surface area contributed by atoms with Crippen LogP contribution in [0.5, 0.6) is 5.75 Å². The van der Waals surface area contributed by atoms with Gasteiger partial charge in [0, 0.05) is 28.2 Å². The smallest absolute Gasteiger partial charge is 0.280 e. The first kappa shape index (κ1) is 18.2. The molecule has 6 nitrogen and oxygen atoms in total. The van der Waals surface area contributed by atoms with E-state index in [0.717, 1.165) is 10.9 Å². The second kappa shape index (κ2) is 6.45. The number of aromatic nitrogens is 1. The largest absolute Gasteiger partial charge is 0.484 e. The van der Waals surface area contributed by atoms with Crippen molar-refractivity contribution in [3.63, 3.8) is 0 Å². The summed E-state index contributed by atoms with van der Waals surface area (Å²) in [5, 5.41) is 6.43. The molecule has 2 bridgehead atoms. The van der Waals surface area contributed by atoms with Gasteiger partial charge in [0.15, 0.2) is 11.6 Å². The lowest BCUT2D eigenvalue weighted by Crippen LogP contribution is -2.84. The maximum Gasteiger partial charge on any atom is 0.280 e. The Hall–Kier alpha value is -2.19. The lowest BCUT2D eigenvalue weighted by Gasteiger charge is -2.70. The Bertz CT molecular complexity index is 913. The topological polar surface area (TPSA) is 80.3 Å². The molecule has 1 heterocycles. The van der Waals surface area contributed by atoms with Crippen molar-refractivity contribution in [3.05, 3.63) is 45.1 Å². The van der Waals surface area contributed by atoms with Gasteiger partial charge in [0.1, 0.15) is 11.6 Å². The molecule has 27 heavy (non-hydrogen) atoms. The molecule has 142 valence electrons. The van der Waals surface area contributed by atoms with Crippen molar-refractivity contribution in [1.82, 2.24) is 15.6 Å². The molecule has 3 aliphatic carbocycles. The van der Waals surface area contributed by atoms with Crippen molar-refractivity contribution in [1.29, 1.82) is 0 Å². The number of halogens is 2. The number of hydrogen-bond donors (Lipinski definition) is 2. The van der Waals surface area contributed by atoms with Crippen LogP contribution in [0.25, 0.3) is 0 Å². The minimum Gasteiger partial charge on any atom is -0.484 e. The molecule has 3 aliphatic rings. The maximum absolute atomic E-state index is 13.4. The van der Waals surface area contributed by atoms with E-state index in [1.807, 2.05) is 6.92 Å². The van der Waals surface area contributed by atoms with Crippen LogP contribution < -0.4 is 15.4 Å². The van der Waals surface area contributed by atoms with E-state index >= 15 is 0 Å².